The number of pyridine rings is 2. The molecular formula is C28H27ClN4O5. The topological polar surface area (TPSA) is 106 Å². The summed E-state index contributed by atoms with van der Waals surface area (Å²) >= 11 is 5.91. The Hall–Kier alpha value is -3.58. The number of amides is 2. The zero-order chi connectivity index (χ0) is 26.1. The zero-order valence-electron chi connectivity index (χ0n) is 20.1. The first-order chi connectivity index (χ1) is 17.7. The average Bonchev–Trinajstić information content (AvgIpc) is 3.44. The first kappa shape index (κ1) is 26.0. The summed E-state index contributed by atoms with van der Waals surface area (Å²) in [6, 6.07) is 9.95. The second kappa shape index (κ2) is 9.02. The number of carbonyl (C=O) groups is 2. The van der Waals surface area contributed by atoms with Crippen LogP contribution in [0, 0.1) is 24.3 Å². The average molecular weight is 535 g/mol. The van der Waals surface area contributed by atoms with Crippen molar-refractivity contribution in [2.75, 3.05) is 11.5 Å². The van der Waals surface area contributed by atoms with Gasteiger partial charge in [0, 0.05) is 36.2 Å². The van der Waals surface area contributed by atoms with Crippen LogP contribution in [0.25, 0.3) is 15.7 Å². The monoisotopic (exact) mass is 534 g/mol. The Kier molecular flexibility index (Phi) is 6.18. The first-order valence-electron chi connectivity index (χ1n) is 12.0. The molecule has 2 amide bonds. The minimum absolute atomic E-state index is 0. The van der Waals surface area contributed by atoms with Crippen LogP contribution in [-0.2, 0) is 14.3 Å². The van der Waals surface area contributed by atoms with E-state index in [2.05, 4.69) is 14.8 Å². The summed E-state index contributed by atoms with van der Waals surface area (Å²) in [6.45, 7) is 11.2. The normalized spacial score (nSPS) is 30.2. The van der Waals surface area contributed by atoms with Gasteiger partial charge < -0.3 is 14.6 Å². The summed E-state index contributed by atoms with van der Waals surface area (Å²) in [6.07, 6.45) is 2.33. The molecule has 2 aromatic heterocycles. The highest BCUT2D eigenvalue weighted by Gasteiger charge is 2.78. The van der Waals surface area contributed by atoms with Gasteiger partial charge in [0.05, 0.1) is 52.9 Å². The zero-order valence-corrected chi connectivity index (χ0v) is 20.8. The lowest BCUT2D eigenvalue weighted by molar-refractivity contribution is -0.138. The van der Waals surface area contributed by atoms with E-state index in [0.717, 1.165) is 0 Å². The highest BCUT2D eigenvalue weighted by atomic mass is 35.5. The summed E-state index contributed by atoms with van der Waals surface area (Å²) in [4.78, 5) is 41.1. The van der Waals surface area contributed by atoms with Gasteiger partial charge in [-0.2, -0.15) is 0 Å². The molecule has 9 nitrogen and oxygen atoms in total. The molecule has 3 saturated heterocycles. The lowest BCUT2D eigenvalue weighted by Gasteiger charge is -2.37. The number of hydrogen-bond donors (Lipinski definition) is 1. The van der Waals surface area contributed by atoms with Crippen molar-refractivity contribution < 1.29 is 24.2 Å². The van der Waals surface area contributed by atoms with Crippen LogP contribution >= 0.6 is 11.6 Å². The molecule has 0 aliphatic carbocycles. The molecule has 1 aromatic carbocycles. The van der Waals surface area contributed by atoms with E-state index in [1.165, 1.54) is 11.1 Å². The van der Waals surface area contributed by atoms with Crippen LogP contribution in [0.3, 0.4) is 0 Å². The predicted octanol–water partition coefficient (Wildman–Crippen LogP) is 4.58. The van der Waals surface area contributed by atoms with Gasteiger partial charge in [0.2, 0.25) is 23.4 Å². The summed E-state index contributed by atoms with van der Waals surface area (Å²) in [7, 11) is 0. The van der Waals surface area contributed by atoms with E-state index in [9.17, 15) is 14.7 Å². The minimum Gasteiger partial charge on any atom is -0.477 e. The molecule has 196 valence electrons. The van der Waals surface area contributed by atoms with Crippen molar-refractivity contribution in [3.05, 3.63) is 65.2 Å². The molecule has 6 rings (SSSR count). The van der Waals surface area contributed by atoms with Crippen LogP contribution in [0.5, 0.6) is 5.88 Å². The van der Waals surface area contributed by atoms with Gasteiger partial charge in [-0.1, -0.05) is 38.1 Å². The Balaban J connectivity index is 0.00000294. The Bertz CT molecular complexity index is 1490. The number of benzene rings is 1. The van der Waals surface area contributed by atoms with Crippen LogP contribution in [0.1, 0.15) is 27.7 Å². The van der Waals surface area contributed by atoms with Crippen LogP contribution in [0.4, 0.5) is 11.4 Å². The third kappa shape index (κ3) is 3.44. The van der Waals surface area contributed by atoms with E-state index >= 15 is 0 Å². The number of hydrogen-bond acceptors (Lipinski definition) is 7. The Morgan fingerprint density at radius 2 is 2.00 bits per heavy atom. The Labute approximate surface area is 225 Å². The highest BCUT2D eigenvalue weighted by molar-refractivity contribution is 6.30. The van der Waals surface area contributed by atoms with Gasteiger partial charge in [-0.05, 0) is 25.1 Å². The molecule has 3 aliphatic rings. The molecule has 2 bridgehead atoms. The van der Waals surface area contributed by atoms with Crippen LogP contribution < -0.4 is 9.64 Å². The van der Waals surface area contributed by atoms with E-state index in [0.29, 0.717) is 33.2 Å². The van der Waals surface area contributed by atoms with Crippen molar-refractivity contribution in [1.82, 2.24) is 9.97 Å². The highest BCUT2D eigenvalue weighted by Crippen LogP contribution is 2.63. The molecule has 6 atom stereocenters. The number of aromatic nitrogens is 2. The van der Waals surface area contributed by atoms with Crippen molar-refractivity contribution in [2.24, 2.45) is 17.8 Å². The number of rotatable bonds is 5. The van der Waals surface area contributed by atoms with Crippen molar-refractivity contribution in [1.29, 1.82) is 0 Å². The van der Waals surface area contributed by atoms with Crippen LogP contribution in [0.2, 0.25) is 5.02 Å². The summed E-state index contributed by atoms with van der Waals surface area (Å²) in [5.74, 6) is -2.44. The maximum Gasteiger partial charge on any atom is 0.240 e. The fraction of sp³-hybridized carbons (Fsp3) is 0.393. The molecule has 3 fully saturated rings. The number of anilines is 1. The quantitative estimate of drug-likeness (QED) is 0.377. The third-order valence-corrected chi connectivity index (χ3v) is 8.36. The number of imide groups is 1. The number of carbonyl (C=O) groups excluding carboxylic acids is 2. The fourth-order valence-electron chi connectivity index (χ4n) is 6.30. The molecule has 38 heavy (non-hydrogen) atoms. The van der Waals surface area contributed by atoms with Gasteiger partial charge in [0.25, 0.3) is 0 Å². The van der Waals surface area contributed by atoms with E-state index in [1.807, 2.05) is 6.92 Å². The van der Waals surface area contributed by atoms with Crippen molar-refractivity contribution >= 4 is 45.7 Å². The van der Waals surface area contributed by atoms with Crippen LogP contribution in [-0.4, -0.2) is 50.8 Å². The standard InChI is InChI=1S/C27H23ClN4O5.CH4/c1-14(13-36-20-9-6-15(28)12-31-20)27-11-19(33)26(2,37-27)21-22(27)25(35)32(24(21)34)18-8-7-17(29-3)23-16(18)5-4-10-30-23;/h4-10,12,14,19,21-22,33H,11,13H2,1-2H3;1H4/t14?,19-,21-,22+,26?,27?;/m1./s1. The maximum absolute atomic E-state index is 14.1. The molecule has 0 spiro atoms. The molecule has 0 saturated carbocycles. The van der Waals surface area contributed by atoms with Crippen molar-refractivity contribution in [3.8, 4) is 5.88 Å². The smallest absolute Gasteiger partial charge is 0.240 e. The number of aliphatic hydroxyl groups excluding tert-OH is 1. The fourth-order valence-corrected chi connectivity index (χ4v) is 6.41. The van der Waals surface area contributed by atoms with Crippen molar-refractivity contribution in [2.45, 2.75) is 45.0 Å². The predicted molar refractivity (Wildman–Crippen MR) is 141 cm³/mol. The SMILES string of the molecule is C.[C-]#[N+]c1ccc(N2C(=O)[C@@H]3[C@H](C2=O)C2(C)OC3(C(C)COc3ccc(Cl)cn3)C[C@H]2O)c2cccnc12. The van der Waals surface area contributed by atoms with Crippen LogP contribution in [0.15, 0.2) is 48.8 Å². The number of ether oxygens (including phenoxy) is 2. The van der Waals surface area contributed by atoms with Gasteiger partial charge in [0.15, 0.2) is 0 Å². The van der Waals surface area contributed by atoms with E-state index in [-0.39, 0.29) is 32.3 Å². The number of aliphatic hydroxyl groups is 1. The van der Waals surface area contributed by atoms with Gasteiger partial charge in [-0.3, -0.25) is 14.6 Å². The third-order valence-electron chi connectivity index (χ3n) is 8.14. The molecule has 3 aromatic rings. The van der Waals surface area contributed by atoms with E-state index in [4.69, 9.17) is 27.6 Å². The Morgan fingerprint density at radius 3 is 2.71 bits per heavy atom. The largest absolute Gasteiger partial charge is 0.477 e. The molecule has 1 N–H and O–H groups in total. The number of fused-ring (bicyclic) bond motifs is 6. The first-order valence-corrected chi connectivity index (χ1v) is 12.3. The number of halogens is 1. The number of nitrogens with zero attached hydrogens (tertiary/aromatic N) is 4. The van der Waals surface area contributed by atoms with E-state index in [1.54, 1.807) is 49.5 Å². The molecule has 5 heterocycles. The molecule has 3 unspecified atom stereocenters. The van der Waals surface area contributed by atoms with Gasteiger partial charge >= 0.3 is 0 Å². The maximum atomic E-state index is 14.1. The second-order valence-corrected chi connectivity index (χ2v) is 10.5. The van der Waals surface area contributed by atoms with Crippen molar-refractivity contribution in [3.63, 3.8) is 0 Å². The second-order valence-electron chi connectivity index (χ2n) is 10.1. The molecular weight excluding hydrogens is 508 g/mol. The van der Waals surface area contributed by atoms with Gasteiger partial charge in [0.1, 0.15) is 5.60 Å². The molecule has 10 heteroatoms. The molecule has 3 aliphatic heterocycles. The lowest BCUT2D eigenvalue weighted by Crippen LogP contribution is -2.52. The summed E-state index contributed by atoms with van der Waals surface area (Å²) < 4.78 is 12.3. The van der Waals surface area contributed by atoms with Gasteiger partial charge in [-0.25, -0.2) is 14.7 Å². The Morgan fingerprint density at radius 1 is 1.24 bits per heavy atom. The summed E-state index contributed by atoms with van der Waals surface area (Å²) in [5.41, 5.74) is -1.19. The summed E-state index contributed by atoms with van der Waals surface area (Å²) in [5, 5.41) is 12.1. The molecule has 0 radical (unpaired) electrons. The lowest BCUT2D eigenvalue weighted by atomic mass is 9.63. The van der Waals surface area contributed by atoms with Gasteiger partial charge in [-0.15, -0.1) is 0 Å². The minimum atomic E-state index is -1.22. The van der Waals surface area contributed by atoms with E-state index < -0.39 is 35.0 Å².